The predicted octanol–water partition coefficient (Wildman–Crippen LogP) is 0.640. The Hall–Kier alpha value is -0.160. The molecule has 85 valence electrons. The van der Waals surface area contributed by atoms with Crippen molar-refractivity contribution in [3.63, 3.8) is 0 Å². The Balaban J connectivity index is 3.23. The number of aliphatic hydroxyl groups is 1. The van der Waals surface area contributed by atoms with Crippen LogP contribution >= 0.6 is 0 Å². The molecule has 0 amide bonds. The van der Waals surface area contributed by atoms with Crippen LogP contribution in [0.4, 0.5) is 0 Å². The van der Waals surface area contributed by atoms with Gasteiger partial charge in [-0.25, -0.2) is 0 Å². The SMILES string of the molecule is [CH2]COCCOC(C)COC(C)CO. The van der Waals surface area contributed by atoms with Gasteiger partial charge in [0.05, 0.1) is 38.6 Å². The molecule has 0 aromatic heterocycles. The quantitative estimate of drug-likeness (QED) is 0.561. The highest BCUT2D eigenvalue weighted by Gasteiger charge is 2.05. The van der Waals surface area contributed by atoms with E-state index in [9.17, 15) is 0 Å². The van der Waals surface area contributed by atoms with E-state index < -0.39 is 0 Å². The fourth-order valence-corrected chi connectivity index (χ4v) is 0.811. The van der Waals surface area contributed by atoms with Crippen molar-refractivity contribution in [1.29, 1.82) is 0 Å². The summed E-state index contributed by atoms with van der Waals surface area (Å²) in [5.41, 5.74) is 0. The Morgan fingerprint density at radius 3 is 2.43 bits per heavy atom. The van der Waals surface area contributed by atoms with Crippen LogP contribution in [0.3, 0.4) is 0 Å². The highest BCUT2D eigenvalue weighted by Crippen LogP contribution is 1.96. The van der Waals surface area contributed by atoms with Crippen molar-refractivity contribution in [1.82, 2.24) is 0 Å². The van der Waals surface area contributed by atoms with E-state index in [0.29, 0.717) is 26.4 Å². The van der Waals surface area contributed by atoms with E-state index in [1.54, 1.807) is 0 Å². The second-order valence-corrected chi connectivity index (χ2v) is 3.12. The third kappa shape index (κ3) is 8.44. The second kappa shape index (κ2) is 9.40. The van der Waals surface area contributed by atoms with E-state index in [1.807, 2.05) is 13.8 Å². The lowest BCUT2D eigenvalue weighted by Gasteiger charge is -2.16. The second-order valence-electron chi connectivity index (χ2n) is 3.12. The minimum absolute atomic E-state index is 0.0254. The van der Waals surface area contributed by atoms with E-state index in [4.69, 9.17) is 19.3 Å². The molecular formula is C10H21O4. The van der Waals surface area contributed by atoms with E-state index in [1.165, 1.54) is 0 Å². The molecule has 0 aliphatic carbocycles. The number of ether oxygens (including phenoxy) is 3. The first-order valence-corrected chi connectivity index (χ1v) is 4.91. The summed E-state index contributed by atoms with van der Waals surface area (Å²) in [7, 11) is 0. The molecule has 0 saturated heterocycles. The fraction of sp³-hybridized carbons (Fsp3) is 0.900. The molecule has 0 spiro atoms. The third-order valence-electron chi connectivity index (χ3n) is 1.65. The van der Waals surface area contributed by atoms with Gasteiger partial charge < -0.3 is 19.3 Å². The van der Waals surface area contributed by atoms with Crippen LogP contribution in [0.15, 0.2) is 0 Å². The van der Waals surface area contributed by atoms with Gasteiger partial charge >= 0.3 is 0 Å². The van der Waals surface area contributed by atoms with Crippen molar-refractivity contribution >= 4 is 0 Å². The molecule has 0 heterocycles. The smallest absolute Gasteiger partial charge is 0.0781 e. The van der Waals surface area contributed by atoms with E-state index in [2.05, 4.69) is 6.92 Å². The molecule has 14 heavy (non-hydrogen) atoms. The third-order valence-corrected chi connectivity index (χ3v) is 1.65. The molecule has 0 aromatic rings. The average Bonchev–Trinajstić information content (AvgIpc) is 2.21. The van der Waals surface area contributed by atoms with Crippen LogP contribution in [0.1, 0.15) is 13.8 Å². The molecule has 0 rings (SSSR count). The minimum atomic E-state index is -0.128. The molecule has 0 fully saturated rings. The van der Waals surface area contributed by atoms with Crippen LogP contribution in [-0.4, -0.2) is 50.3 Å². The maximum atomic E-state index is 8.70. The van der Waals surface area contributed by atoms with Crippen molar-refractivity contribution in [2.45, 2.75) is 26.1 Å². The van der Waals surface area contributed by atoms with Crippen LogP contribution in [0.2, 0.25) is 0 Å². The zero-order valence-electron chi connectivity index (χ0n) is 9.07. The van der Waals surface area contributed by atoms with Crippen molar-refractivity contribution in [3.8, 4) is 0 Å². The molecule has 0 bridgehead atoms. The van der Waals surface area contributed by atoms with Crippen molar-refractivity contribution in [2.75, 3.05) is 33.0 Å². The van der Waals surface area contributed by atoms with E-state index >= 15 is 0 Å². The summed E-state index contributed by atoms with van der Waals surface area (Å²) < 4.78 is 15.7. The first-order valence-electron chi connectivity index (χ1n) is 4.91. The van der Waals surface area contributed by atoms with Crippen LogP contribution in [-0.2, 0) is 14.2 Å². The topological polar surface area (TPSA) is 47.9 Å². The summed E-state index contributed by atoms with van der Waals surface area (Å²) >= 11 is 0. The molecule has 0 aromatic carbocycles. The summed E-state index contributed by atoms with van der Waals surface area (Å²) in [6.07, 6.45) is -0.102. The molecule has 4 nitrogen and oxygen atoms in total. The van der Waals surface area contributed by atoms with Crippen LogP contribution in [0.5, 0.6) is 0 Å². The predicted molar refractivity (Wildman–Crippen MR) is 54.1 cm³/mol. The van der Waals surface area contributed by atoms with Crippen molar-refractivity contribution in [3.05, 3.63) is 6.92 Å². The Morgan fingerprint density at radius 1 is 1.14 bits per heavy atom. The van der Waals surface area contributed by atoms with Gasteiger partial charge in [0.1, 0.15) is 0 Å². The zero-order chi connectivity index (χ0) is 10.8. The number of hydrogen-bond acceptors (Lipinski definition) is 4. The lowest BCUT2D eigenvalue weighted by atomic mass is 10.4. The molecule has 1 radical (unpaired) electrons. The van der Waals surface area contributed by atoms with Gasteiger partial charge in [0.25, 0.3) is 0 Å². The summed E-state index contributed by atoms with van der Waals surface area (Å²) in [6, 6.07) is 0. The van der Waals surface area contributed by atoms with E-state index in [-0.39, 0.29) is 18.8 Å². The summed E-state index contributed by atoms with van der Waals surface area (Å²) in [5.74, 6) is 0. The highest BCUT2D eigenvalue weighted by atomic mass is 16.6. The lowest BCUT2D eigenvalue weighted by molar-refractivity contribution is -0.0557. The highest BCUT2D eigenvalue weighted by molar-refractivity contribution is 4.51. The van der Waals surface area contributed by atoms with Crippen LogP contribution < -0.4 is 0 Å². The lowest BCUT2D eigenvalue weighted by Crippen LogP contribution is -2.23. The van der Waals surface area contributed by atoms with Gasteiger partial charge in [-0.15, -0.1) is 0 Å². The number of hydrogen-bond donors (Lipinski definition) is 1. The minimum Gasteiger partial charge on any atom is -0.394 e. The van der Waals surface area contributed by atoms with Gasteiger partial charge in [0, 0.05) is 6.61 Å². The molecule has 0 saturated carbocycles. The summed E-state index contributed by atoms with van der Waals surface area (Å²) in [6.45, 7) is 9.39. The Bertz CT molecular complexity index is 119. The van der Waals surface area contributed by atoms with Gasteiger partial charge in [-0.3, -0.25) is 0 Å². The van der Waals surface area contributed by atoms with Crippen LogP contribution in [0.25, 0.3) is 0 Å². The van der Waals surface area contributed by atoms with Crippen LogP contribution in [0, 0.1) is 6.92 Å². The first kappa shape index (κ1) is 13.8. The van der Waals surface area contributed by atoms with Gasteiger partial charge in [-0.1, -0.05) is 0 Å². The number of rotatable bonds is 9. The normalized spacial score (nSPS) is 15.4. The molecule has 2 unspecified atom stereocenters. The Labute approximate surface area is 86.2 Å². The molecule has 2 atom stereocenters. The standard InChI is InChI=1S/C10H21O4/c1-4-12-5-6-13-10(3)8-14-9(2)7-11/h9-11H,1,4-8H2,2-3H3. The van der Waals surface area contributed by atoms with Gasteiger partial charge in [0.2, 0.25) is 0 Å². The molecule has 4 heteroatoms. The summed E-state index contributed by atoms with van der Waals surface area (Å²) in [4.78, 5) is 0. The maximum Gasteiger partial charge on any atom is 0.0781 e. The van der Waals surface area contributed by atoms with Gasteiger partial charge in [-0.05, 0) is 20.8 Å². The van der Waals surface area contributed by atoms with Crippen molar-refractivity contribution < 1.29 is 19.3 Å². The molecular weight excluding hydrogens is 184 g/mol. The van der Waals surface area contributed by atoms with Gasteiger partial charge in [-0.2, -0.15) is 0 Å². The first-order chi connectivity index (χ1) is 6.70. The average molecular weight is 205 g/mol. The zero-order valence-corrected chi connectivity index (χ0v) is 9.07. The van der Waals surface area contributed by atoms with Crippen molar-refractivity contribution in [2.24, 2.45) is 0 Å². The Morgan fingerprint density at radius 2 is 1.86 bits per heavy atom. The van der Waals surface area contributed by atoms with E-state index in [0.717, 1.165) is 0 Å². The number of aliphatic hydroxyl groups excluding tert-OH is 1. The summed E-state index contributed by atoms with van der Waals surface area (Å²) in [5, 5.41) is 8.70. The van der Waals surface area contributed by atoms with Gasteiger partial charge in [0.15, 0.2) is 0 Å². The largest absolute Gasteiger partial charge is 0.394 e. The maximum absolute atomic E-state index is 8.70. The molecule has 0 aliphatic heterocycles. The Kier molecular flexibility index (Phi) is 9.29. The fourth-order valence-electron chi connectivity index (χ4n) is 0.811. The molecule has 0 aliphatic rings. The monoisotopic (exact) mass is 205 g/mol. The molecule has 1 N–H and O–H groups in total.